The number of furan rings is 1. The van der Waals surface area contributed by atoms with Crippen LogP contribution in [0.1, 0.15) is 45.9 Å². The third-order valence-corrected chi connectivity index (χ3v) is 4.12. The highest BCUT2D eigenvalue weighted by atomic mass is 16.3. The molecule has 1 fully saturated rings. The van der Waals surface area contributed by atoms with E-state index >= 15 is 0 Å². The summed E-state index contributed by atoms with van der Waals surface area (Å²) in [5.74, 6) is 1.08. The molecule has 0 bridgehead atoms. The first-order valence-electron chi connectivity index (χ1n) is 8.11. The van der Waals surface area contributed by atoms with Crippen LogP contribution in [0.25, 0.3) is 0 Å². The van der Waals surface area contributed by atoms with Crippen LogP contribution in [0.2, 0.25) is 0 Å². The molecule has 0 radical (unpaired) electrons. The van der Waals surface area contributed by atoms with Crippen molar-refractivity contribution in [1.82, 2.24) is 15.1 Å². The molecule has 2 rings (SSSR count). The highest BCUT2D eigenvalue weighted by Crippen LogP contribution is 2.18. The lowest BCUT2D eigenvalue weighted by Crippen LogP contribution is -2.53. The molecular weight excluding hydrogens is 262 g/mol. The zero-order valence-corrected chi connectivity index (χ0v) is 14.3. The van der Waals surface area contributed by atoms with Gasteiger partial charge in [0.25, 0.3) is 0 Å². The van der Waals surface area contributed by atoms with E-state index < -0.39 is 0 Å². The maximum atomic E-state index is 5.70. The quantitative estimate of drug-likeness (QED) is 0.904. The van der Waals surface area contributed by atoms with Crippen LogP contribution in [0, 0.1) is 0 Å². The Kier molecular flexibility index (Phi) is 5.47. The molecule has 21 heavy (non-hydrogen) atoms. The van der Waals surface area contributed by atoms with Gasteiger partial charge in [0.05, 0.1) is 12.8 Å². The van der Waals surface area contributed by atoms with Crippen molar-refractivity contribution in [3.63, 3.8) is 0 Å². The number of hydrogen-bond acceptors (Lipinski definition) is 4. The summed E-state index contributed by atoms with van der Waals surface area (Å²) in [4.78, 5) is 5.05. The van der Waals surface area contributed by atoms with Crippen LogP contribution < -0.4 is 5.32 Å². The van der Waals surface area contributed by atoms with Crippen LogP contribution in [0.4, 0.5) is 0 Å². The summed E-state index contributed by atoms with van der Waals surface area (Å²) < 4.78 is 5.70. The summed E-state index contributed by atoms with van der Waals surface area (Å²) in [6.45, 7) is 17.6. The van der Waals surface area contributed by atoms with E-state index in [2.05, 4.69) is 55.8 Å². The fourth-order valence-corrected chi connectivity index (χ4v) is 2.72. The first-order valence-corrected chi connectivity index (χ1v) is 8.11. The molecule has 0 aliphatic carbocycles. The average Bonchev–Trinajstić information content (AvgIpc) is 2.83. The van der Waals surface area contributed by atoms with Crippen LogP contribution in [0.5, 0.6) is 0 Å². The molecule has 0 unspecified atom stereocenters. The van der Waals surface area contributed by atoms with Crippen LogP contribution in [-0.2, 0) is 13.1 Å². The Bertz CT molecular complexity index is 425. The molecular formula is C17H31N3O. The molecule has 0 amide bonds. The van der Waals surface area contributed by atoms with Gasteiger partial charge in [-0.3, -0.25) is 9.80 Å². The highest BCUT2D eigenvalue weighted by Gasteiger charge is 2.26. The number of hydrogen-bond donors (Lipinski definition) is 1. The molecule has 0 aromatic carbocycles. The maximum absolute atomic E-state index is 5.70. The Morgan fingerprint density at radius 1 is 1.19 bits per heavy atom. The van der Waals surface area contributed by atoms with Crippen molar-refractivity contribution in [2.45, 2.75) is 59.3 Å². The Hall–Kier alpha value is -0.840. The third-order valence-electron chi connectivity index (χ3n) is 4.12. The van der Waals surface area contributed by atoms with Crippen molar-refractivity contribution in [3.05, 3.63) is 23.7 Å². The second-order valence-corrected chi connectivity index (χ2v) is 7.39. The molecule has 1 aromatic rings. The summed E-state index contributed by atoms with van der Waals surface area (Å²) >= 11 is 0. The molecule has 1 aliphatic heterocycles. The molecule has 0 atom stereocenters. The molecule has 120 valence electrons. The third kappa shape index (κ3) is 5.13. The largest absolute Gasteiger partial charge is 0.468 e. The lowest BCUT2D eigenvalue weighted by molar-refractivity contribution is 0.0562. The van der Waals surface area contributed by atoms with E-state index in [0.717, 1.165) is 45.0 Å². The van der Waals surface area contributed by atoms with E-state index in [1.165, 1.54) is 5.56 Å². The van der Waals surface area contributed by atoms with Crippen molar-refractivity contribution in [2.75, 3.05) is 26.2 Å². The monoisotopic (exact) mass is 293 g/mol. The van der Waals surface area contributed by atoms with E-state index in [9.17, 15) is 0 Å². The van der Waals surface area contributed by atoms with Gasteiger partial charge in [-0.1, -0.05) is 13.8 Å². The molecule has 4 nitrogen and oxygen atoms in total. The average molecular weight is 293 g/mol. The maximum Gasteiger partial charge on any atom is 0.118 e. The normalized spacial score (nSPS) is 18.6. The Morgan fingerprint density at radius 3 is 2.43 bits per heavy atom. The van der Waals surface area contributed by atoms with Gasteiger partial charge in [-0.2, -0.15) is 0 Å². The topological polar surface area (TPSA) is 31.7 Å². The predicted octanol–water partition coefficient (Wildman–Crippen LogP) is 2.69. The van der Waals surface area contributed by atoms with Gasteiger partial charge in [-0.05, 0) is 26.8 Å². The Morgan fingerprint density at radius 2 is 1.86 bits per heavy atom. The minimum absolute atomic E-state index is 0.284. The van der Waals surface area contributed by atoms with Gasteiger partial charge >= 0.3 is 0 Å². The molecule has 1 N–H and O–H groups in total. The minimum atomic E-state index is 0.284. The fraction of sp³-hybridized carbons (Fsp3) is 0.765. The molecule has 1 aliphatic rings. The number of piperazine rings is 1. The Labute approximate surface area is 129 Å². The summed E-state index contributed by atoms with van der Waals surface area (Å²) in [6, 6.07) is 2.69. The van der Waals surface area contributed by atoms with Gasteiger partial charge in [0.1, 0.15) is 5.76 Å². The summed E-state index contributed by atoms with van der Waals surface area (Å²) in [7, 11) is 0. The highest BCUT2D eigenvalue weighted by molar-refractivity contribution is 5.12. The van der Waals surface area contributed by atoms with Gasteiger partial charge in [-0.15, -0.1) is 0 Å². The van der Waals surface area contributed by atoms with Crippen molar-refractivity contribution >= 4 is 0 Å². The molecule has 2 heterocycles. The smallest absolute Gasteiger partial charge is 0.118 e. The second kappa shape index (κ2) is 6.95. The summed E-state index contributed by atoms with van der Waals surface area (Å²) in [5.41, 5.74) is 1.53. The summed E-state index contributed by atoms with van der Waals surface area (Å²) in [5, 5.41) is 3.42. The van der Waals surface area contributed by atoms with Crippen LogP contribution in [-0.4, -0.2) is 47.6 Å². The molecule has 4 heteroatoms. The van der Waals surface area contributed by atoms with Gasteiger partial charge < -0.3 is 9.73 Å². The van der Waals surface area contributed by atoms with Crippen LogP contribution >= 0.6 is 0 Å². The van der Waals surface area contributed by atoms with E-state index in [1.807, 2.05) is 6.26 Å². The first kappa shape index (κ1) is 16.5. The minimum Gasteiger partial charge on any atom is -0.468 e. The number of nitrogens with zero attached hydrogens (tertiary/aromatic N) is 2. The lowest BCUT2D eigenvalue weighted by Gasteiger charge is -2.42. The van der Waals surface area contributed by atoms with E-state index in [0.29, 0.717) is 6.04 Å². The van der Waals surface area contributed by atoms with Gasteiger partial charge in [0, 0.05) is 49.9 Å². The summed E-state index contributed by atoms with van der Waals surface area (Å²) in [6.07, 6.45) is 1.89. The van der Waals surface area contributed by atoms with Gasteiger partial charge in [0.2, 0.25) is 0 Å². The fourth-order valence-electron chi connectivity index (χ4n) is 2.72. The van der Waals surface area contributed by atoms with E-state index in [-0.39, 0.29) is 5.54 Å². The Balaban J connectivity index is 1.78. The predicted molar refractivity (Wildman–Crippen MR) is 87.3 cm³/mol. The zero-order chi connectivity index (χ0) is 15.5. The number of rotatable bonds is 5. The van der Waals surface area contributed by atoms with Crippen molar-refractivity contribution in [2.24, 2.45) is 0 Å². The van der Waals surface area contributed by atoms with E-state index in [1.54, 1.807) is 0 Å². The second-order valence-electron chi connectivity index (χ2n) is 7.39. The zero-order valence-electron chi connectivity index (χ0n) is 14.3. The van der Waals surface area contributed by atoms with E-state index in [4.69, 9.17) is 4.42 Å². The van der Waals surface area contributed by atoms with Gasteiger partial charge in [-0.25, -0.2) is 0 Å². The van der Waals surface area contributed by atoms with Crippen LogP contribution in [0.3, 0.4) is 0 Å². The number of nitrogens with one attached hydrogen (secondary N) is 1. The van der Waals surface area contributed by atoms with Crippen molar-refractivity contribution < 1.29 is 4.42 Å². The standard InChI is InChI=1S/C17H31N3O/c1-14(2)18-11-15-10-16(21-13-15)12-19-6-8-20(9-7-19)17(3,4)5/h10,13-14,18H,6-9,11-12H2,1-5H3. The SMILES string of the molecule is CC(C)NCc1coc(CN2CCN(C(C)(C)C)CC2)c1. The molecule has 1 aromatic heterocycles. The molecule has 0 spiro atoms. The first-order chi connectivity index (χ1) is 9.84. The van der Waals surface area contributed by atoms with Gasteiger partial charge in [0.15, 0.2) is 0 Å². The van der Waals surface area contributed by atoms with Crippen LogP contribution in [0.15, 0.2) is 16.7 Å². The van der Waals surface area contributed by atoms with Crippen molar-refractivity contribution in [1.29, 1.82) is 0 Å². The molecule has 1 saturated heterocycles. The lowest BCUT2D eigenvalue weighted by atomic mass is 10.0. The van der Waals surface area contributed by atoms with Crippen molar-refractivity contribution in [3.8, 4) is 0 Å². The molecule has 0 saturated carbocycles.